The molecule has 1 atom stereocenters. The molecule has 2 aromatic heterocycles. The van der Waals surface area contributed by atoms with E-state index in [1.165, 1.54) is 0 Å². The second kappa shape index (κ2) is 4.31. The first-order chi connectivity index (χ1) is 7.25. The molecule has 2 aromatic rings. The third-order valence-electron chi connectivity index (χ3n) is 2.20. The maximum atomic E-state index is 5.42. The fraction of sp³-hybridized carbons (Fsp3) is 0.364. The van der Waals surface area contributed by atoms with Gasteiger partial charge in [0.1, 0.15) is 5.76 Å². The normalized spacial score (nSPS) is 12.9. The Hall–Kier alpha value is -1.55. The van der Waals surface area contributed by atoms with Gasteiger partial charge in [-0.25, -0.2) is 4.98 Å². The first-order valence-electron chi connectivity index (χ1n) is 4.92. The van der Waals surface area contributed by atoms with Crippen molar-refractivity contribution in [2.45, 2.75) is 26.4 Å². The van der Waals surface area contributed by atoms with E-state index in [9.17, 15) is 0 Å². The molecule has 0 aliphatic rings. The van der Waals surface area contributed by atoms with E-state index in [-0.39, 0.29) is 6.04 Å². The summed E-state index contributed by atoms with van der Waals surface area (Å²) in [6.45, 7) is 4.66. The van der Waals surface area contributed by atoms with Crippen molar-refractivity contribution in [3.8, 4) is 0 Å². The lowest BCUT2D eigenvalue weighted by molar-refractivity contribution is 0.402. The summed E-state index contributed by atoms with van der Waals surface area (Å²) >= 11 is 0. The van der Waals surface area contributed by atoms with E-state index in [0.717, 1.165) is 23.8 Å². The second-order valence-corrected chi connectivity index (χ2v) is 3.54. The van der Waals surface area contributed by atoms with Gasteiger partial charge in [-0.15, -0.1) is 0 Å². The Morgan fingerprint density at radius 3 is 3.00 bits per heavy atom. The standard InChI is InChI=1S/C11H14N2O2/c1-8-5-13-11(15-8)9(2)12-6-10-3-4-14-7-10/h3-5,7,9,12H,6H2,1-2H3. The Balaban J connectivity index is 1.90. The number of aromatic nitrogens is 1. The first-order valence-corrected chi connectivity index (χ1v) is 4.92. The molecule has 80 valence electrons. The van der Waals surface area contributed by atoms with Crippen molar-refractivity contribution >= 4 is 0 Å². The molecule has 0 aromatic carbocycles. The van der Waals surface area contributed by atoms with Gasteiger partial charge >= 0.3 is 0 Å². The van der Waals surface area contributed by atoms with E-state index in [2.05, 4.69) is 10.3 Å². The zero-order chi connectivity index (χ0) is 10.7. The molecule has 0 fully saturated rings. The van der Waals surface area contributed by atoms with E-state index in [1.54, 1.807) is 18.7 Å². The SMILES string of the molecule is Cc1cnc(C(C)NCc2ccoc2)o1. The van der Waals surface area contributed by atoms with Gasteiger partial charge in [0.25, 0.3) is 0 Å². The van der Waals surface area contributed by atoms with Crippen LogP contribution in [0.3, 0.4) is 0 Å². The second-order valence-electron chi connectivity index (χ2n) is 3.54. The largest absolute Gasteiger partial charge is 0.472 e. The molecular formula is C11H14N2O2. The minimum absolute atomic E-state index is 0.105. The molecule has 0 amide bonds. The van der Waals surface area contributed by atoms with Gasteiger partial charge in [0.2, 0.25) is 5.89 Å². The number of furan rings is 1. The van der Waals surface area contributed by atoms with Crippen molar-refractivity contribution in [3.05, 3.63) is 42.0 Å². The van der Waals surface area contributed by atoms with Crippen molar-refractivity contribution in [1.29, 1.82) is 0 Å². The minimum atomic E-state index is 0.105. The fourth-order valence-electron chi connectivity index (χ4n) is 1.32. The smallest absolute Gasteiger partial charge is 0.211 e. The van der Waals surface area contributed by atoms with Crippen LogP contribution in [0, 0.1) is 6.92 Å². The lowest BCUT2D eigenvalue weighted by Crippen LogP contribution is -2.17. The van der Waals surface area contributed by atoms with Gasteiger partial charge in [-0.2, -0.15) is 0 Å². The molecule has 0 saturated carbocycles. The summed E-state index contributed by atoms with van der Waals surface area (Å²) in [6.07, 6.45) is 5.11. The molecule has 2 rings (SSSR count). The van der Waals surface area contributed by atoms with Crippen LogP contribution in [0.1, 0.15) is 30.2 Å². The Morgan fingerprint density at radius 2 is 2.40 bits per heavy atom. The van der Waals surface area contributed by atoms with Gasteiger partial charge in [-0.05, 0) is 19.9 Å². The molecule has 0 radical (unpaired) electrons. The van der Waals surface area contributed by atoms with Gasteiger partial charge in [0, 0.05) is 12.1 Å². The van der Waals surface area contributed by atoms with E-state index >= 15 is 0 Å². The maximum Gasteiger partial charge on any atom is 0.211 e. The number of aryl methyl sites for hydroxylation is 1. The number of nitrogens with one attached hydrogen (secondary N) is 1. The topological polar surface area (TPSA) is 51.2 Å². The third-order valence-corrected chi connectivity index (χ3v) is 2.20. The Morgan fingerprint density at radius 1 is 1.53 bits per heavy atom. The monoisotopic (exact) mass is 206 g/mol. The molecule has 4 nitrogen and oxygen atoms in total. The number of hydrogen-bond acceptors (Lipinski definition) is 4. The van der Waals surface area contributed by atoms with Crippen LogP contribution in [-0.2, 0) is 6.54 Å². The molecule has 4 heteroatoms. The van der Waals surface area contributed by atoms with E-state index in [1.807, 2.05) is 19.9 Å². The molecule has 2 heterocycles. The fourth-order valence-corrected chi connectivity index (χ4v) is 1.32. The summed E-state index contributed by atoms with van der Waals surface area (Å²) in [5.41, 5.74) is 1.12. The van der Waals surface area contributed by atoms with Crippen molar-refractivity contribution in [2.24, 2.45) is 0 Å². The molecule has 0 spiro atoms. The zero-order valence-corrected chi connectivity index (χ0v) is 8.86. The van der Waals surface area contributed by atoms with Gasteiger partial charge in [-0.3, -0.25) is 0 Å². The van der Waals surface area contributed by atoms with Crippen molar-refractivity contribution in [3.63, 3.8) is 0 Å². The van der Waals surface area contributed by atoms with Crippen LogP contribution < -0.4 is 5.32 Å². The summed E-state index contributed by atoms with van der Waals surface area (Å²) in [5.74, 6) is 1.55. The summed E-state index contributed by atoms with van der Waals surface area (Å²) in [7, 11) is 0. The third kappa shape index (κ3) is 2.47. The van der Waals surface area contributed by atoms with Gasteiger partial charge in [-0.1, -0.05) is 0 Å². The number of hydrogen-bond donors (Lipinski definition) is 1. The number of rotatable bonds is 4. The molecule has 15 heavy (non-hydrogen) atoms. The average Bonchev–Trinajstić information content (AvgIpc) is 2.84. The van der Waals surface area contributed by atoms with Crippen LogP contribution in [0.15, 0.2) is 33.6 Å². The Bertz CT molecular complexity index is 406. The van der Waals surface area contributed by atoms with Gasteiger partial charge in [0.15, 0.2) is 0 Å². The summed E-state index contributed by atoms with van der Waals surface area (Å²) in [5, 5.41) is 3.30. The van der Waals surface area contributed by atoms with E-state index in [0.29, 0.717) is 0 Å². The maximum absolute atomic E-state index is 5.42. The molecule has 0 aliphatic heterocycles. The van der Waals surface area contributed by atoms with Crippen LogP contribution in [0.4, 0.5) is 0 Å². The molecule has 1 unspecified atom stereocenters. The van der Waals surface area contributed by atoms with Gasteiger partial charge < -0.3 is 14.2 Å². The predicted octanol–water partition coefficient (Wildman–Crippen LogP) is 2.43. The Kier molecular flexibility index (Phi) is 2.87. The highest BCUT2D eigenvalue weighted by Crippen LogP contribution is 2.12. The lowest BCUT2D eigenvalue weighted by atomic mass is 10.3. The van der Waals surface area contributed by atoms with Crippen LogP contribution in [0.25, 0.3) is 0 Å². The van der Waals surface area contributed by atoms with Crippen LogP contribution >= 0.6 is 0 Å². The number of nitrogens with zero attached hydrogens (tertiary/aromatic N) is 1. The Labute approximate surface area is 88.3 Å². The summed E-state index contributed by atoms with van der Waals surface area (Å²) < 4.78 is 10.4. The molecule has 0 bridgehead atoms. The quantitative estimate of drug-likeness (QED) is 0.834. The molecule has 1 N–H and O–H groups in total. The number of oxazole rings is 1. The average molecular weight is 206 g/mol. The lowest BCUT2D eigenvalue weighted by Gasteiger charge is -2.08. The summed E-state index contributed by atoms with van der Waals surface area (Å²) in [4.78, 5) is 4.16. The van der Waals surface area contributed by atoms with Crippen LogP contribution in [-0.4, -0.2) is 4.98 Å². The first kappa shape index (κ1) is 9.98. The molecule has 0 aliphatic carbocycles. The van der Waals surface area contributed by atoms with Crippen molar-refractivity contribution < 1.29 is 8.83 Å². The highest BCUT2D eigenvalue weighted by Gasteiger charge is 2.10. The molecule has 0 saturated heterocycles. The van der Waals surface area contributed by atoms with E-state index < -0.39 is 0 Å². The van der Waals surface area contributed by atoms with Gasteiger partial charge in [0.05, 0.1) is 24.8 Å². The molecular weight excluding hydrogens is 192 g/mol. The van der Waals surface area contributed by atoms with Crippen LogP contribution in [0.5, 0.6) is 0 Å². The van der Waals surface area contributed by atoms with Crippen molar-refractivity contribution in [1.82, 2.24) is 10.3 Å². The minimum Gasteiger partial charge on any atom is -0.472 e. The van der Waals surface area contributed by atoms with Crippen LogP contribution in [0.2, 0.25) is 0 Å². The highest BCUT2D eigenvalue weighted by atomic mass is 16.4. The zero-order valence-electron chi connectivity index (χ0n) is 8.86. The predicted molar refractivity (Wildman–Crippen MR) is 55.2 cm³/mol. The van der Waals surface area contributed by atoms with Crippen molar-refractivity contribution in [2.75, 3.05) is 0 Å². The highest BCUT2D eigenvalue weighted by molar-refractivity contribution is 5.05. The van der Waals surface area contributed by atoms with E-state index in [4.69, 9.17) is 8.83 Å². The summed E-state index contributed by atoms with van der Waals surface area (Å²) in [6, 6.07) is 2.04.